The third-order valence-corrected chi connectivity index (χ3v) is 7.19. The third kappa shape index (κ3) is 6.77. The first-order valence-corrected chi connectivity index (χ1v) is 12.9. The summed E-state index contributed by atoms with van der Waals surface area (Å²) in [5.74, 6) is -0.661. The summed E-state index contributed by atoms with van der Waals surface area (Å²) < 4.78 is 39.2. The standard InChI is InChI=1S/C24H31N3O6S/c1-3-33-23(28)12-14-27(17-18-7-6-13-25-16-18)24(29)19-10-11-21(32-2)22(15-19)34(30,31)26-20-8-4-5-9-20/h6-7,10-11,13,15-16,20,26H,3-5,8-9,12,14,17H2,1-2H3. The largest absolute Gasteiger partial charge is 0.495 e. The summed E-state index contributed by atoms with van der Waals surface area (Å²) in [6, 6.07) is 7.79. The molecule has 1 aliphatic carbocycles. The van der Waals surface area contributed by atoms with Crippen molar-refractivity contribution >= 4 is 21.9 Å². The van der Waals surface area contributed by atoms with Crippen LogP contribution in [0.1, 0.15) is 54.9 Å². The molecule has 1 amide bonds. The number of hydrogen-bond donors (Lipinski definition) is 1. The lowest BCUT2D eigenvalue weighted by molar-refractivity contribution is -0.143. The van der Waals surface area contributed by atoms with E-state index in [1.54, 1.807) is 25.4 Å². The predicted molar refractivity (Wildman–Crippen MR) is 126 cm³/mol. The number of esters is 1. The number of nitrogens with zero attached hydrogens (tertiary/aromatic N) is 2. The topological polar surface area (TPSA) is 115 Å². The number of carbonyl (C=O) groups is 2. The van der Waals surface area contributed by atoms with E-state index < -0.39 is 21.9 Å². The SMILES string of the molecule is CCOC(=O)CCN(Cc1cccnc1)C(=O)c1ccc(OC)c(S(=O)(=O)NC2CCCC2)c1. The van der Waals surface area contributed by atoms with E-state index in [4.69, 9.17) is 9.47 Å². The maximum atomic E-state index is 13.4. The fourth-order valence-electron chi connectivity index (χ4n) is 3.95. The van der Waals surface area contributed by atoms with Crippen LogP contribution in [0, 0.1) is 0 Å². The molecule has 10 heteroatoms. The Morgan fingerprint density at radius 1 is 1.21 bits per heavy atom. The van der Waals surface area contributed by atoms with E-state index >= 15 is 0 Å². The number of hydrogen-bond acceptors (Lipinski definition) is 7. The number of ether oxygens (including phenoxy) is 2. The van der Waals surface area contributed by atoms with Gasteiger partial charge in [0.15, 0.2) is 0 Å². The van der Waals surface area contributed by atoms with Crippen molar-refractivity contribution in [3.63, 3.8) is 0 Å². The first kappa shape index (κ1) is 25.6. The second-order valence-electron chi connectivity index (χ2n) is 8.11. The van der Waals surface area contributed by atoms with Gasteiger partial charge in [0.2, 0.25) is 10.0 Å². The van der Waals surface area contributed by atoms with Gasteiger partial charge in [-0.2, -0.15) is 0 Å². The van der Waals surface area contributed by atoms with Crippen LogP contribution < -0.4 is 9.46 Å². The van der Waals surface area contributed by atoms with Crippen LogP contribution >= 0.6 is 0 Å². The van der Waals surface area contributed by atoms with Crippen molar-refractivity contribution in [1.29, 1.82) is 0 Å². The molecule has 1 heterocycles. The van der Waals surface area contributed by atoms with E-state index in [1.165, 1.54) is 30.2 Å². The molecule has 1 aromatic carbocycles. The van der Waals surface area contributed by atoms with E-state index in [0.29, 0.717) is 0 Å². The average Bonchev–Trinajstić information content (AvgIpc) is 3.34. The Labute approximate surface area is 200 Å². The van der Waals surface area contributed by atoms with Gasteiger partial charge in [0.1, 0.15) is 10.6 Å². The van der Waals surface area contributed by atoms with Gasteiger partial charge in [-0.25, -0.2) is 13.1 Å². The van der Waals surface area contributed by atoms with Gasteiger partial charge >= 0.3 is 5.97 Å². The van der Waals surface area contributed by atoms with E-state index in [0.717, 1.165) is 31.2 Å². The van der Waals surface area contributed by atoms with Crippen LogP contribution in [0.3, 0.4) is 0 Å². The lowest BCUT2D eigenvalue weighted by Crippen LogP contribution is -2.34. The van der Waals surface area contributed by atoms with Gasteiger partial charge in [-0.15, -0.1) is 0 Å². The highest BCUT2D eigenvalue weighted by molar-refractivity contribution is 7.89. The van der Waals surface area contributed by atoms with Gasteiger partial charge in [-0.3, -0.25) is 14.6 Å². The molecule has 1 aliphatic rings. The second-order valence-corrected chi connectivity index (χ2v) is 9.79. The molecule has 34 heavy (non-hydrogen) atoms. The molecule has 2 aromatic rings. The molecule has 0 spiro atoms. The first-order chi connectivity index (χ1) is 16.3. The Hall–Kier alpha value is -2.98. The number of methoxy groups -OCH3 is 1. The van der Waals surface area contributed by atoms with E-state index in [9.17, 15) is 18.0 Å². The summed E-state index contributed by atoms with van der Waals surface area (Å²) in [5, 5.41) is 0. The number of amides is 1. The van der Waals surface area contributed by atoms with Crippen LogP contribution in [-0.2, 0) is 26.1 Å². The quantitative estimate of drug-likeness (QED) is 0.483. The maximum absolute atomic E-state index is 13.4. The van der Waals surface area contributed by atoms with Crippen LogP contribution in [0.2, 0.25) is 0 Å². The van der Waals surface area contributed by atoms with Gasteiger partial charge in [-0.05, 0) is 49.6 Å². The molecule has 1 saturated carbocycles. The Morgan fingerprint density at radius 2 is 1.97 bits per heavy atom. The fraction of sp³-hybridized carbons (Fsp3) is 0.458. The molecule has 3 rings (SSSR count). The summed E-state index contributed by atoms with van der Waals surface area (Å²) in [5.41, 5.74) is 0.962. The average molecular weight is 490 g/mol. The number of sulfonamides is 1. The zero-order valence-electron chi connectivity index (χ0n) is 19.5. The highest BCUT2D eigenvalue weighted by atomic mass is 32.2. The molecule has 0 saturated heterocycles. The molecule has 0 atom stereocenters. The lowest BCUT2D eigenvalue weighted by Gasteiger charge is -2.23. The van der Waals surface area contributed by atoms with Crippen LogP contribution in [0.4, 0.5) is 0 Å². The molecule has 9 nitrogen and oxygen atoms in total. The molecule has 1 aromatic heterocycles. The number of carbonyl (C=O) groups excluding carboxylic acids is 2. The van der Waals surface area contributed by atoms with Crippen LogP contribution in [0.25, 0.3) is 0 Å². The van der Waals surface area contributed by atoms with E-state index in [2.05, 4.69) is 9.71 Å². The number of benzene rings is 1. The predicted octanol–water partition coefficient (Wildman–Crippen LogP) is 2.91. The molecule has 0 bridgehead atoms. The second kappa shape index (κ2) is 11.9. The minimum Gasteiger partial charge on any atom is -0.495 e. The molecular formula is C24H31N3O6S. The number of pyridine rings is 1. The molecule has 0 aliphatic heterocycles. The van der Waals surface area contributed by atoms with Gasteiger partial charge in [-0.1, -0.05) is 18.9 Å². The van der Waals surface area contributed by atoms with Crippen LogP contribution in [0.15, 0.2) is 47.6 Å². The summed E-state index contributed by atoms with van der Waals surface area (Å²) in [7, 11) is -2.50. The highest BCUT2D eigenvalue weighted by Crippen LogP contribution is 2.28. The zero-order valence-corrected chi connectivity index (χ0v) is 20.3. The molecule has 1 fully saturated rings. The van der Waals surface area contributed by atoms with Crippen molar-refractivity contribution in [3.05, 3.63) is 53.9 Å². The Morgan fingerprint density at radius 3 is 2.62 bits per heavy atom. The summed E-state index contributed by atoms with van der Waals surface area (Å²) in [4.78, 5) is 30.8. The fourth-order valence-corrected chi connectivity index (χ4v) is 5.45. The Kier molecular flexibility index (Phi) is 9.00. The van der Waals surface area contributed by atoms with Crippen molar-refractivity contribution in [2.24, 2.45) is 0 Å². The zero-order chi connectivity index (χ0) is 24.6. The van der Waals surface area contributed by atoms with Gasteiger partial charge in [0.05, 0.1) is 20.1 Å². The maximum Gasteiger partial charge on any atom is 0.307 e. The first-order valence-electron chi connectivity index (χ1n) is 11.4. The molecule has 0 radical (unpaired) electrons. The van der Waals surface area contributed by atoms with Crippen molar-refractivity contribution in [2.75, 3.05) is 20.3 Å². The summed E-state index contributed by atoms with van der Waals surface area (Å²) >= 11 is 0. The Bertz CT molecular complexity index is 1090. The summed E-state index contributed by atoms with van der Waals surface area (Å²) in [6.45, 7) is 2.29. The van der Waals surface area contributed by atoms with Gasteiger partial charge < -0.3 is 14.4 Å². The van der Waals surface area contributed by atoms with Crippen molar-refractivity contribution < 1.29 is 27.5 Å². The lowest BCUT2D eigenvalue weighted by atomic mass is 10.1. The van der Waals surface area contributed by atoms with Crippen molar-refractivity contribution in [1.82, 2.24) is 14.6 Å². The van der Waals surface area contributed by atoms with E-state index in [-0.39, 0.29) is 48.4 Å². The molecule has 1 N–H and O–H groups in total. The van der Waals surface area contributed by atoms with Crippen molar-refractivity contribution in [3.8, 4) is 5.75 Å². The smallest absolute Gasteiger partial charge is 0.307 e. The molecule has 0 unspecified atom stereocenters. The monoisotopic (exact) mass is 489 g/mol. The summed E-state index contributed by atoms with van der Waals surface area (Å²) in [6.07, 6.45) is 6.82. The highest BCUT2D eigenvalue weighted by Gasteiger charge is 2.27. The van der Waals surface area contributed by atoms with Crippen LogP contribution in [-0.4, -0.2) is 56.5 Å². The minimum absolute atomic E-state index is 0.0182. The number of rotatable bonds is 11. The van der Waals surface area contributed by atoms with Crippen molar-refractivity contribution in [2.45, 2.75) is 56.5 Å². The number of aromatic nitrogens is 1. The number of nitrogens with one attached hydrogen (secondary N) is 1. The van der Waals surface area contributed by atoms with E-state index in [1.807, 2.05) is 6.07 Å². The van der Waals surface area contributed by atoms with Gasteiger partial charge in [0.25, 0.3) is 5.91 Å². The Balaban J connectivity index is 1.88. The molecule has 184 valence electrons. The minimum atomic E-state index is -3.89. The van der Waals surface area contributed by atoms with Crippen LogP contribution in [0.5, 0.6) is 5.75 Å². The third-order valence-electron chi connectivity index (χ3n) is 5.65. The normalized spacial score (nSPS) is 14.1. The molecular weight excluding hydrogens is 458 g/mol. The van der Waals surface area contributed by atoms with Gasteiger partial charge in [0, 0.05) is 37.1 Å².